The second-order valence-corrected chi connectivity index (χ2v) is 4.79. The number of nitrogens with one attached hydrogen (secondary N) is 2. The van der Waals surface area contributed by atoms with E-state index >= 15 is 0 Å². The van der Waals surface area contributed by atoms with E-state index < -0.39 is 0 Å². The molecule has 2 N–H and O–H groups in total. The van der Waals surface area contributed by atoms with Crippen molar-refractivity contribution in [1.29, 1.82) is 0 Å². The smallest absolute Gasteiger partial charge is 0.318 e. The van der Waals surface area contributed by atoms with E-state index in [9.17, 15) is 4.79 Å². The maximum Gasteiger partial charge on any atom is 0.318 e. The largest absolute Gasteiger partial charge is 0.337 e. The molecule has 1 fully saturated rings. The SMILES string of the molecule is CCN(CC)CCNC(=O)NC=C1CCCCC1. The molecule has 2 amide bonds. The maximum atomic E-state index is 11.6. The number of nitrogens with zero attached hydrogens (tertiary/aromatic N) is 1. The van der Waals surface area contributed by atoms with Crippen molar-refractivity contribution in [2.24, 2.45) is 0 Å². The lowest BCUT2D eigenvalue weighted by molar-refractivity contribution is 0.240. The van der Waals surface area contributed by atoms with Gasteiger partial charge in [-0.15, -0.1) is 0 Å². The van der Waals surface area contributed by atoms with Gasteiger partial charge >= 0.3 is 6.03 Å². The molecular formula is C14H27N3O. The summed E-state index contributed by atoms with van der Waals surface area (Å²) in [5.41, 5.74) is 1.38. The molecule has 1 saturated carbocycles. The van der Waals surface area contributed by atoms with Crippen LogP contribution in [0.15, 0.2) is 11.8 Å². The third-order valence-corrected chi connectivity index (χ3v) is 3.51. The standard InChI is InChI=1S/C14H27N3O/c1-3-17(4-2)11-10-15-14(18)16-12-13-8-6-5-7-9-13/h12H,3-11H2,1-2H3,(H2,15,16,18). The van der Waals surface area contributed by atoms with E-state index in [1.54, 1.807) is 0 Å². The number of rotatable bonds is 6. The van der Waals surface area contributed by atoms with Crippen molar-refractivity contribution in [3.63, 3.8) is 0 Å². The quantitative estimate of drug-likeness (QED) is 0.764. The Morgan fingerprint density at radius 1 is 1.22 bits per heavy atom. The van der Waals surface area contributed by atoms with E-state index in [4.69, 9.17) is 0 Å². The molecule has 0 aromatic carbocycles. The van der Waals surface area contributed by atoms with Crippen LogP contribution in [0.25, 0.3) is 0 Å². The number of hydrogen-bond donors (Lipinski definition) is 2. The molecule has 0 atom stereocenters. The summed E-state index contributed by atoms with van der Waals surface area (Å²) in [6.45, 7) is 7.95. The van der Waals surface area contributed by atoms with Gasteiger partial charge in [-0.2, -0.15) is 0 Å². The average molecular weight is 253 g/mol. The highest BCUT2D eigenvalue weighted by Crippen LogP contribution is 2.21. The predicted octanol–water partition coefficient (Wildman–Crippen LogP) is 2.48. The van der Waals surface area contributed by atoms with Crippen LogP contribution in [0, 0.1) is 0 Å². The van der Waals surface area contributed by atoms with E-state index in [0.29, 0.717) is 6.54 Å². The number of carbonyl (C=O) groups excluding carboxylic acids is 1. The van der Waals surface area contributed by atoms with Gasteiger partial charge in [-0.05, 0) is 38.8 Å². The van der Waals surface area contributed by atoms with Crippen LogP contribution >= 0.6 is 0 Å². The van der Waals surface area contributed by atoms with Crippen molar-refractivity contribution in [3.05, 3.63) is 11.8 Å². The van der Waals surface area contributed by atoms with Crippen LogP contribution in [-0.2, 0) is 0 Å². The zero-order valence-electron chi connectivity index (χ0n) is 11.8. The highest BCUT2D eigenvalue weighted by atomic mass is 16.2. The van der Waals surface area contributed by atoms with Gasteiger partial charge in [0.25, 0.3) is 0 Å². The van der Waals surface area contributed by atoms with E-state index in [-0.39, 0.29) is 6.03 Å². The van der Waals surface area contributed by atoms with Crippen LogP contribution in [0.4, 0.5) is 4.79 Å². The third-order valence-electron chi connectivity index (χ3n) is 3.51. The summed E-state index contributed by atoms with van der Waals surface area (Å²) < 4.78 is 0. The zero-order valence-corrected chi connectivity index (χ0v) is 11.8. The van der Waals surface area contributed by atoms with Crippen molar-refractivity contribution in [3.8, 4) is 0 Å². The molecule has 0 aliphatic heterocycles. The molecule has 18 heavy (non-hydrogen) atoms. The number of urea groups is 1. The first-order chi connectivity index (χ1) is 8.76. The van der Waals surface area contributed by atoms with Gasteiger partial charge in [0.1, 0.15) is 0 Å². The summed E-state index contributed by atoms with van der Waals surface area (Å²) in [7, 11) is 0. The first-order valence-corrected chi connectivity index (χ1v) is 7.21. The Balaban J connectivity index is 2.13. The predicted molar refractivity (Wildman–Crippen MR) is 75.5 cm³/mol. The average Bonchev–Trinajstić information content (AvgIpc) is 2.42. The maximum absolute atomic E-state index is 11.6. The Hall–Kier alpha value is -1.03. The van der Waals surface area contributed by atoms with Crippen molar-refractivity contribution < 1.29 is 4.79 Å². The van der Waals surface area contributed by atoms with Crippen LogP contribution in [0.1, 0.15) is 46.0 Å². The van der Waals surface area contributed by atoms with E-state index in [1.165, 1.54) is 24.8 Å². The number of likely N-dealkylation sites (N-methyl/N-ethyl adjacent to an activating group) is 1. The summed E-state index contributed by atoms with van der Waals surface area (Å²) >= 11 is 0. The van der Waals surface area contributed by atoms with Gasteiger partial charge in [-0.1, -0.05) is 25.8 Å². The minimum absolute atomic E-state index is 0.0831. The first-order valence-electron chi connectivity index (χ1n) is 7.21. The van der Waals surface area contributed by atoms with Gasteiger partial charge in [-0.3, -0.25) is 0 Å². The lowest BCUT2D eigenvalue weighted by atomic mass is 9.96. The first kappa shape index (κ1) is 15.0. The van der Waals surface area contributed by atoms with Crippen LogP contribution in [0.2, 0.25) is 0 Å². The minimum Gasteiger partial charge on any atom is -0.337 e. The molecular weight excluding hydrogens is 226 g/mol. The second kappa shape index (κ2) is 8.97. The van der Waals surface area contributed by atoms with Gasteiger partial charge in [-0.25, -0.2) is 4.79 Å². The Morgan fingerprint density at radius 2 is 1.89 bits per heavy atom. The Labute approximate surface area is 111 Å². The normalized spacial score (nSPS) is 15.6. The van der Waals surface area contributed by atoms with Crippen molar-refractivity contribution >= 4 is 6.03 Å². The molecule has 1 aliphatic rings. The summed E-state index contributed by atoms with van der Waals surface area (Å²) in [5, 5.41) is 5.72. The van der Waals surface area contributed by atoms with Gasteiger partial charge < -0.3 is 15.5 Å². The molecule has 1 rings (SSSR count). The fourth-order valence-corrected chi connectivity index (χ4v) is 2.24. The topological polar surface area (TPSA) is 44.4 Å². The van der Waals surface area contributed by atoms with Crippen LogP contribution in [0.5, 0.6) is 0 Å². The molecule has 4 heteroatoms. The van der Waals surface area contributed by atoms with E-state index in [2.05, 4.69) is 29.4 Å². The highest BCUT2D eigenvalue weighted by molar-refractivity contribution is 5.74. The van der Waals surface area contributed by atoms with E-state index in [0.717, 1.165) is 32.5 Å². The molecule has 1 aliphatic carbocycles. The van der Waals surface area contributed by atoms with Crippen LogP contribution < -0.4 is 10.6 Å². The highest BCUT2D eigenvalue weighted by Gasteiger charge is 2.06. The molecule has 0 saturated heterocycles. The lowest BCUT2D eigenvalue weighted by Crippen LogP contribution is -2.38. The Bertz CT molecular complexity index is 264. The summed E-state index contributed by atoms with van der Waals surface area (Å²) in [6, 6.07) is -0.0831. The third kappa shape index (κ3) is 6.05. The molecule has 0 unspecified atom stereocenters. The second-order valence-electron chi connectivity index (χ2n) is 4.79. The molecule has 0 radical (unpaired) electrons. The van der Waals surface area contributed by atoms with Gasteiger partial charge in [0.05, 0.1) is 0 Å². The Kier molecular flexibility index (Phi) is 7.49. The Morgan fingerprint density at radius 3 is 2.50 bits per heavy atom. The van der Waals surface area contributed by atoms with Crippen molar-refractivity contribution in [1.82, 2.24) is 15.5 Å². The summed E-state index contributed by atoms with van der Waals surface area (Å²) in [5.74, 6) is 0. The molecule has 0 bridgehead atoms. The number of allylic oxidation sites excluding steroid dienone is 1. The molecule has 104 valence electrons. The molecule has 0 spiro atoms. The molecule has 0 aromatic rings. The minimum atomic E-state index is -0.0831. The molecule has 0 aromatic heterocycles. The van der Waals surface area contributed by atoms with Gasteiger partial charge in [0.15, 0.2) is 0 Å². The zero-order chi connectivity index (χ0) is 13.2. The number of carbonyl (C=O) groups is 1. The summed E-state index contributed by atoms with van der Waals surface area (Å²) in [4.78, 5) is 13.9. The van der Waals surface area contributed by atoms with Gasteiger partial charge in [0.2, 0.25) is 0 Å². The van der Waals surface area contributed by atoms with Crippen LogP contribution in [0.3, 0.4) is 0 Å². The fourth-order valence-electron chi connectivity index (χ4n) is 2.24. The molecule has 4 nitrogen and oxygen atoms in total. The summed E-state index contributed by atoms with van der Waals surface area (Å²) in [6.07, 6.45) is 8.02. The number of hydrogen-bond acceptors (Lipinski definition) is 2. The van der Waals surface area contributed by atoms with Gasteiger partial charge in [0, 0.05) is 19.3 Å². The van der Waals surface area contributed by atoms with Crippen LogP contribution in [-0.4, -0.2) is 37.1 Å². The lowest BCUT2D eigenvalue weighted by Gasteiger charge is -2.18. The van der Waals surface area contributed by atoms with Crippen molar-refractivity contribution in [2.75, 3.05) is 26.2 Å². The number of amides is 2. The van der Waals surface area contributed by atoms with Crippen molar-refractivity contribution in [2.45, 2.75) is 46.0 Å². The fraction of sp³-hybridized carbons (Fsp3) is 0.786. The van der Waals surface area contributed by atoms with E-state index in [1.807, 2.05) is 6.20 Å². The molecule has 0 heterocycles. The monoisotopic (exact) mass is 253 g/mol.